The third-order valence-electron chi connectivity index (χ3n) is 4.52. The molecule has 1 amide bonds. The van der Waals surface area contributed by atoms with E-state index >= 15 is 0 Å². The fourth-order valence-corrected chi connectivity index (χ4v) is 6.80. The third kappa shape index (κ3) is 6.86. The van der Waals surface area contributed by atoms with Crippen molar-refractivity contribution >= 4 is 60.5 Å². The van der Waals surface area contributed by atoms with E-state index < -0.39 is 32.6 Å². The predicted molar refractivity (Wildman–Crippen MR) is 136 cm³/mol. The van der Waals surface area contributed by atoms with E-state index in [0.717, 1.165) is 21.2 Å². The Bertz CT molecular complexity index is 1560. The molecule has 0 aliphatic rings. The maximum atomic E-state index is 12.6. The molecule has 3 heterocycles. The quantitative estimate of drug-likeness (QED) is 0.278. The molecule has 0 aliphatic heterocycles. The normalized spacial score (nSPS) is 12.7. The monoisotopic (exact) mass is 586 g/mol. The average molecular weight is 587 g/mol. The number of nitrogens with one attached hydrogen (secondary N) is 1. The highest BCUT2D eigenvalue weighted by atomic mass is 32.2. The van der Waals surface area contributed by atoms with Crippen LogP contribution in [0.2, 0.25) is 0 Å². The summed E-state index contributed by atoms with van der Waals surface area (Å²) in [5.74, 6) is 0.0171. The smallest absolute Gasteiger partial charge is 0.371 e. The lowest BCUT2D eigenvalue weighted by molar-refractivity contribution is 0.197. The SMILES string of the molecule is Cc1nc(S(=O)(=O)OC(=O)NC(Cc2ccc(OS(N)(=O)=O)cc2)c2csc(-c3cccs3)n2)cs1. The van der Waals surface area contributed by atoms with E-state index in [-0.39, 0.29) is 17.2 Å². The van der Waals surface area contributed by atoms with Gasteiger partial charge >= 0.3 is 26.5 Å². The molecular formula is C20H18N4O7S5. The van der Waals surface area contributed by atoms with Crippen LogP contribution in [0.15, 0.2) is 57.6 Å². The molecule has 0 saturated heterocycles. The molecule has 190 valence electrons. The van der Waals surface area contributed by atoms with Gasteiger partial charge in [0.1, 0.15) is 10.8 Å². The van der Waals surface area contributed by atoms with Gasteiger partial charge in [0.05, 0.1) is 21.6 Å². The molecule has 16 heteroatoms. The second kappa shape index (κ2) is 10.6. The Morgan fingerprint density at radius 3 is 2.42 bits per heavy atom. The number of thiazole rings is 2. The summed E-state index contributed by atoms with van der Waals surface area (Å²) in [5.41, 5.74) is 1.16. The molecule has 3 N–H and O–H groups in total. The lowest BCUT2D eigenvalue weighted by Gasteiger charge is -2.17. The summed E-state index contributed by atoms with van der Waals surface area (Å²) >= 11 is 4.00. The number of aryl methyl sites for hydroxylation is 1. The van der Waals surface area contributed by atoms with E-state index in [1.165, 1.54) is 40.2 Å². The number of thiophene rings is 1. The summed E-state index contributed by atoms with van der Waals surface area (Å²) in [7, 11) is -8.58. The molecule has 4 rings (SSSR count). The van der Waals surface area contributed by atoms with Crippen molar-refractivity contribution in [1.29, 1.82) is 0 Å². The van der Waals surface area contributed by atoms with Crippen LogP contribution in [0.1, 0.15) is 22.3 Å². The predicted octanol–water partition coefficient (Wildman–Crippen LogP) is 3.62. The van der Waals surface area contributed by atoms with Crippen molar-refractivity contribution in [2.45, 2.75) is 24.4 Å². The van der Waals surface area contributed by atoms with Crippen LogP contribution in [-0.4, -0.2) is 32.9 Å². The summed E-state index contributed by atoms with van der Waals surface area (Å²) in [6.45, 7) is 1.63. The van der Waals surface area contributed by atoms with Crippen LogP contribution < -0.4 is 14.6 Å². The zero-order valence-electron chi connectivity index (χ0n) is 18.4. The first-order valence-corrected chi connectivity index (χ1v) is 15.5. The van der Waals surface area contributed by atoms with Crippen molar-refractivity contribution in [2.75, 3.05) is 0 Å². The number of carbonyl (C=O) groups excluding carboxylic acids is 1. The van der Waals surface area contributed by atoms with E-state index in [9.17, 15) is 21.6 Å². The largest absolute Gasteiger partial charge is 0.423 e. The standard InChI is InChI=1S/C20H18N4O7S5/c1-12-22-18(11-33-12)35(26,27)31-20(25)24-15(16-10-34-19(23-16)17-3-2-8-32-17)9-13-4-6-14(7-5-13)30-36(21,28)29/h2-8,10-11,15H,9H2,1H3,(H,24,25)(H2,21,28,29). The van der Waals surface area contributed by atoms with Crippen molar-refractivity contribution in [3.63, 3.8) is 0 Å². The van der Waals surface area contributed by atoms with Crippen molar-refractivity contribution < 1.29 is 30.0 Å². The summed E-state index contributed by atoms with van der Waals surface area (Å²) in [6.07, 6.45) is -1.00. The Kier molecular flexibility index (Phi) is 7.72. The number of rotatable bonds is 9. The summed E-state index contributed by atoms with van der Waals surface area (Å²) < 4.78 is 56.4. The number of nitrogens with two attached hydrogens (primary N) is 1. The molecule has 0 bridgehead atoms. The van der Waals surface area contributed by atoms with Crippen LogP contribution in [0.25, 0.3) is 9.88 Å². The van der Waals surface area contributed by atoms with Crippen molar-refractivity contribution in [2.24, 2.45) is 5.14 Å². The average Bonchev–Trinajstić information content (AvgIpc) is 3.54. The van der Waals surface area contributed by atoms with Crippen molar-refractivity contribution in [1.82, 2.24) is 15.3 Å². The fourth-order valence-electron chi connectivity index (χ4n) is 3.01. The lowest BCUT2D eigenvalue weighted by atomic mass is 10.0. The second-order valence-corrected chi connectivity index (χ2v) is 12.7. The van der Waals surface area contributed by atoms with Crippen LogP contribution >= 0.6 is 34.0 Å². The molecule has 0 radical (unpaired) electrons. The van der Waals surface area contributed by atoms with Gasteiger partial charge in [0.2, 0.25) is 5.03 Å². The topological polar surface area (TPSA) is 168 Å². The van der Waals surface area contributed by atoms with Crippen LogP contribution in [0, 0.1) is 6.92 Å². The summed E-state index contributed by atoms with van der Waals surface area (Å²) in [6, 6.07) is 9.02. The van der Waals surface area contributed by atoms with Gasteiger partial charge in [-0.3, -0.25) is 0 Å². The van der Waals surface area contributed by atoms with Gasteiger partial charge < -0.3 is 13.7 Å². The number of hydrogen-bond donors (Lipinski definition) is 2. The fraction of sp³-hybridized carbons (Fsp3) is 0.150. The zero-order chi connectivity index (χ0) is 25.9. The van der Waals surface area contributed by atoms with Crippen molar-refractivity contribution in [3.8, 4) is 15.6 Å². The lowest BCUT2D eigenvalue weighted by Crippen LogP contribution is -2.32. The summed E-state index contributed by atoms with van der Waals surface area (Å²) in [4.78, 5) is 22.0. The van der Waals surface area contributed by atoms with E-state index in [0.29, 0.717) is 16.3 Å². The van der Waals surface area contributed by atoms with Crippen LogP contribution in [0.5, 0.6) is 5.75 Å². The van der Waals surface area contributed by atoms with Crippen LogP contribution in [-0.2, 0) is 31.0 Å². The number of amides is 1. The Hall–Kier alpha value is -2.89. The Balaban J connectivity index is 1.55. The summed E-state index contributed by atoms with van der Waals surface area (Å²) in [5, 5.41) is 13.3. The minimum absolute atomic E-state index is 0.0171. The molecule has 36 heavy (non-hydrogen) atoms. The molecule has 0 fully saturated rings. The molecule has 3 aromatic heterocycles. The van der Waals surface area contributed by atoms with Crippen LogP contribution in [0.4, 0.5) is 4.79 Å². The maximum Gasteiger partial charge on any atom is 0.423 e. The van der Waals surface area contributed by atoms with Gasteiger partial charge in [-0.25, -0.2) is 14.8 Å². The molecule has 1 atom stereocenters. The van der Waals surface area contributed by atoms with Crippen LogP contribution in [0.3, 0.4) is 0 Å². The maximum absolute atomic E-state index is 12.6. The number of aromatic nitrogens is 2. The number of hydrogen-bond acceptors (Lipinski definition) is 12. The highest BCUT2D eigenvalue weighted by Gasteiger charge is 2.26. The van der Waals surface area contributed by atoms with E-state index in [4.69, 9.17) is 9.32 Å². The molecule has 0 spiro atoms. The Morgan fingerprint density at radius 2 is 1.81 bits per heavy atom. The molecular weight excluding hydrogens is 569 g/mol. The molecule has 1 unspecified atom stereocenters. The minimum atomic E-state index is -4.41. The highest BCUT2D eigenvalue weighted by molar-refractivity contribution is 7.87. The molecule has 11 nitrogen and oxygen atoms in total. The molecule has 0 aliphatic carbocycles. The Morgan fingerprint density at radius 1 is 1.06 bits per heavy atom. The molecule has 4 aromatic rings. The van der Waals surface area contributed by atoms with E-state index in [1.807, 2.05) is 17.5 Å². The number of benzene rings is 1. The van der Waals surface area contributed by atoms with Gasteiger partial charge in [-0.15, -0.1) is 34.0 Å². The number of nitrogens with zero attached hydrogens (tertiary/aromatic N) is 2. The highest BCUT2D eigenvalue weighted by Crippen LogP contribution is 2.31. The third-order valence-corrected chi connectivity index (χ3v) is 8.86. The minimum Gasteiger partial charge on any atom is -0.371 e. The zero-order valence-corrected chi connectivity index (χ0v) is 22.4. The van der Waals surface area contributed by atoms with Gasteiger partial charge in [0.15, 0.2) is 0 Å². The molecule has 0 saturated carbocycles. The first-order chi connectivity index (χ1) is 17.0. The van der Waals surface area contributed by atoms with Gasteiger partial charge in [-0.1, -0.05) is 18.2 Å². The second-order valence-electron chi connectivity index (χ2n) is 7.21. The first kappa shape index (κ1) is 26.2. The van der Waals surface area contributed by atoms with E-state index in [2.05, 4.69) is 19.5 Å². The first-order valence-electron chi connectivity index (χ1n) is 9.96. The molecule has 1 aromatic carbocycles. The van der Waals surface area contributed by atoms with Gasteiger partial charge in [0, 0.05) is 10.8 Å². The Labute approximate surface area is 219 Å². The number of carbonyl (C=O) groups is 1. The van der Waals surface area contributed by atoms with Gasteiger partial charge in [-0.05, 0) is 42.5 Å². The van der Waals surface area contributed by atoms with Crippen molar-refractivity contribution in [3.05, 3.63) is 68.8 Å². The van der Waals surface area contributed by atoms with Gasteiger partial charge in [-0.2, -0.15) is 22.0 Å². The van der Waals surface area contributed by atoms with Gasteiger partial charge in [0.25, 0.3) is 0 Å². The van der Waals surface area contributed by atoms with E-state index in [1.54, 1.807) is 24.4 Å².